The minimum Gasteiger partial charge on any atom is -0.454 e. The molecule has 8 heteroatoms. The number of benzene rings is 2. The highest BCUT2D eigenvalue weighted by atomic mass is 35.5. The molecular weight excluding hydrogens is 404 g/mol. The Morgan fingerprint density at radius 1 is 1.20 bits per heavy atom. The van der Waals surface area contributed by atoms with Gasteiger partial charge in [-0.3, -0.25) is 9.69 Å². The first-order valence-electron chi connectivity index (χ1n) is 9.78. The molecule has 0 bridgehead atoms. The predicted molar refractivity (Wildman–Crippen MR) is 115 cm³/mol. The number of halogens is 1. The van der Waals surface area contributed by atoms with Crippen molar-refractivity contribution in [1.29, 1.82) is 0 Å². The largest absolute Gasteiger partial charge is 0.454 e. The Labute approximate surface area is 180 Å². The molecule has 1 N–H and O–H groups in total. The van der Waals surface area contributed by atoms with Crippen LogP contribution in [0.1, 0.15) is 18.1 Å². The molecule has 0 atom stereocenters. The first-order chi connectivity index (χ1) is 14.6. The van der Waals surface area contributed by atoms with E-state index in [1.165, 1.54) is 0 Å². The molecule has 0 spiro atoms. The van der Waals surface area contributed by atoms with E-state index in [4.69, 9.17) is 21.1 Å². The summed E-state index contributed by atoms with van der Waals surface area (Å²) in [5.41, 5.74) is 2.01. The topological polar surface area (TPSA) is 68.6 Å². The molecule has 1 amide bonds. The molecule has 1 aromatic heterocycles. The number of hydrogen-bond donors (Lipinski definition) is 1. The molecule has 0 unspecified atom stereocenters. The summed E-state index contributed by atoms with van der Waals surface area (Å²) in [5.74, 6) is 2.04. The molecule has 2 heterocycles. The lowest BCUT2D eigenvalue weighted by atomic mass is 10.2. The van der Waals surface area contributed by atoms with Crippen LogP contribution in [0.15, 0.2) is 54.7 Å². The van der Waals surface area contributed by atoms with Crippen LogP contribution in [0, 0.1) is 0 Å². The monoisotopic (exact) mass is 426 g/mol. The molecule has 1 aliphatic rings. The van der Waals surface area contributed by atoms with Gasteiger partial charge in [0.25, 0.3) is 0 Å². The second kappa shape index (κ2) is 9.19. The predicted octanol–water partition coefficient (Wildman–Crippen LogP) is 3.77. The van der Waals surface area contributed by atoms with Gasteiger partial charge in [0.15, 0.2) is 11.5 Å². The average molecular weight is 427 g/mol. The summed E-state index contributed by atoms with van der Waals surface area (Å²) in [4.78, 5) is 14.7. The normalized spacial score (nSPS) is 12.4. The molecule has 2 aromatic carbocycles. The van der Waals surface area contributed by atoms with Crippen LogP contribution in [-0.2, 0) is 17.9 Å². The van der Waals surface area contributed by atoms with Gasteiger partial charge in [-0.2, -0.15) is 5.10 Å². The van der Waals surface area contributed by atoms with Gasteiger partial charge in [0, 0.05) is 17.6 Å². The fourth-order valence-electron chi connectivity index (χ4n) is 3.32. The number of rotatable bonds is 8. The van der Waals surface area contributed by atoms with E-state index >= 15 is 0 Å². The Hall–Kier alpha value is -3.03. The van der Waals surface area contributed by atoms with E-state index in [0.717, 1.165) is 29.2 Å². The number of ether oxygens (including phenoxy) is 2. The highest BCUT2D eigenvalue weighted by Gasteiger charge is 2.16. The van der Waals surface area contributed by atoms with Gasteiger partial charge < -0.3 is 14.8 Å². The van der Waals surface area contributed by atoms with Crippen LogP contribution in [0.4, 0.5) is 5.82 Å². The van der Waals surface area contributed by atoms with Gasteiger partial charge in [-0.05, 0) is 35.9 Å². The Morgan fingerprint density at radius 2 is 2.03 bits per heavy atom. The van der Waals surface area contributed by atoms with Crippen molar-refractivity contribution in [3.63, 3.8) is 0 Å². The smallest absolute Gasteiger partial charge is 0.239 e. The van der Waals surface area contributed by atoms with Crippen LogP contribution in [0.5, 0.6) is 11.5 Å². The molecule has 0 radical (unpaired) electrons. The van der Waals surface area contributed by atoms with Crippen LogP contribution in [0.2, 0.25) is 5.02 Å². The third-order valence-electron chi connectivity index (χ3n) is 4.92. The third-order valence-corrected chi connectivity index (χ3v) is 5.29. The van der Waals surface area contributed by atoms with Crippen molar-refractivity contribution in [3.05, 3.63) is 70.9 Å². The van der Waals surface area contributed by atoms with Crippen LogP contribution < -0.4 is 14.8 Å². The molecule has 4 rings (SSSR count). The first-order valence-corrected chi connectivity index (χ1v) is 10.2. The Bertz CT molecular complexity index is 1040. The molecule has 7 nitrogen and oxygen atoms in total. The van der Waals surface area contributed by atoms with Crippen molar-refractivity contribution in [1.82, 2.24) is 14.7 Å². The zero-order chi connectivity index (χ0) is 20.9. The Balaban J connectivity index is 1.37. The number of amides is 1. The number of nitrogens with zero attached hydrogens (tertiary/aromatic N) is 3. The lowest BCUT2D eigenvalue weighted by Gasteiger charge is -2.20. The molecule has 156 valence electrons. The molecule has 0 saturated heterocycles. The van der Waals surface area contributed by atoms with Crippen molar-refractivity contribution >= 4 is 23.3 Å². The van der Waals surface area contributed by atoms with Gasteiger partial charge in [-0.15, -0.1) is 0 Å². The quantitative estimate of drug-likeness (QED) is 0.593. The summed E-state index contributed by atoms with van der Waals surface area (Å²) < 4.78 is 12.5. The first kappa shape index (κ1) is 20.3. The highest BCUT2D eigenvalue weighted by Crippen LogP contribution is 2.32. The number of likely N-dealkylation sites (N-methyl/N-ethyl adjacent to an activating group) is 1. The van der Waals surface area contributed by atoms with E-state index in [0.29, 0.717) is 23.9 Å². The highest BCUT2D eigenvalue weighted by molar-refractivity contribution is 6.31. The second-order valence-electron chi connectivity index (χ2n) is 7.00. The molecule has 1 aliphatic heterocycles. The van der Waals surface area contributed by atoms with Crippen molar-refractivity contribution in [3.8, 4) is 11.5 Å². The van der Waals surface area contributed by atoms with Gasteiger partial charge in [0.2, 0.25) is 12.7 Å². The van der Waals surface area contributed by atoms with Gasteiger partial charge in [-0.1, -0.05) is 42.8 Å². The maximum Gasteiger partial charge on any atom is 0.239 e. The number of carbonyl (C=O) groups excluding carboxylic acids is 1. The lowest BCUT2D eigenvalue weighted by Crippen LogP contribution is -2.33. The van der Waals surface area contributed by atoms with Crippen molar-refractivity contribution in [2.24, 2.45) is 0 Å². The summed E-state index contributed by atoms with van der Waals surface area (Å²) >= 11 is 6.25. The molecule has 0 fully saturated rings. The third kappa shape index (κ3) is 4.75. The van der Waals surface area contributed by atoms with E-state index in [1.807, 2.05) is 49.4 Å². The number of hydrogen-bond acceptors (Lipinski definition) is 5. The fourth-order valence-corrected chi connectivity index (χ4v) is 3.51. The van der Waals surface area contributed by atoms with E-state index in [9.17, 15) is 4.79 Å². The molecule has 3 aromatic rings. The molecule has 30 heavy (non-hydrogen) atoms. The molecular formula is C22H23ClN4O3. The zero-order valence-electron chi connectivity index (χ0n) is 16.7. The summed E-state index contributed by atoms with van der Waals surface area (Å²) in [5, 5.41) is 7.94. The van der Waals surface area contributed by atoms with E-state index in [2.05, 4.69) is 15.3 Å². The molecule has 0 saturated carbocycles. The van der Waals surface area contributed by atoms with Crippen LogP contribution in [0.25, 0.3) is 0 Å². The number of nitrogens with one attached hydrogen (secondary N) is 1. The maximum atomic E-state index is 12.7. The SMILES string of the molecule is CCN(CC(=O)Nc1ccnn1Cc1ccccc1Cl)Cc1ccc2c(c1)OCO2. The minimum atomic E-state index is -0.0986. The van der Waals surface area contributed by atoms with Crippen molar-refractivity contribution < 1.29 is 14.3 Å². The lowest BCUT2D eigenvalue weighted by molar-refractivity contribution is -0.117. The fraction of sp³-hybridized carbons (Fsp3) is 0.273. The molecule has 0 aliphatic carbocycles. The van der Waals surface area contributed by atoms with Crippen molar-refractivity contribution in [2.75, 3.05) is 25.2 Å². The van der Waals surface area contributed by atoms with Gasteiger partial charge >= 0.3 is 0 Å². The van der Waals surface area contributed by atoms with Gasteiger partial charge in [-0.25, -0.2) is 4.68 Å². The van der Waals surface area contributed by atoms with Crippen LogP contribution in [-0.4, -0.2) is 40.5 Å². The van der Waals surface area contributed by atoms with E-state index in [1.54, 1.807) is 16.9 Å². The second-order valence-corrected chi connectivity index (χ2v) is 7.41. The Kier molecular flexibility index (Phi) is 6.21. The summed E-state index contributed by atoms with van der Waals surface area (Å²) in [6.45, 7) is 4.40. The van der Waals surface area contributed by atoms with Gasteiger partial charge in [0.1, 0.15) is 5.82 Å². The minimum absolute atomic E-state index is 0.0986. The maximum absolute atomic E-state index is 12.7. The number of aromatic nitrogens is 2. The summed E-state index contributed by atoms with van der Waals surface area (Å²) in [6.07, 6.45) is 1.66. The summed E-state index contributed by atoms with van der Waals surface area (Å²) in [7, 11) is 0. The van der Waals surface area contributed by atoms with Crippen LogP contribution >= 0.6 is 11.6 Å². The van der Waals surface area contributed by atoms with E-state index < -0.39 is 0 Å². The standard InChI is InChI=1S/C22H23ClN4O3/c1-2-26(12-16-7-8-19-20(11-16)30-15-29-19)14-22(28)25-21-9-10-24-27(21)13-17-5-3-4-6-18(17)23/h3-11H,2,12-15H2,1H3,(H,25,28). The van der Waals surface area contributed by atoms with Crippen molar-refractivity contribution in [2.45, 2.75) is 20.0 Å². The van der Waals surface area contributed by atoms with Gasteiger partial charge in [0.05, 0.1) is 19.3 Å². The summed E-state index contributed by atoms with van der Waals surface area (Å²) in [6, 6.07) is 15.2. The van der Waals surface area contributed by atoms with Crippen LogP contribution in [0.3, 0.4) is 0 Å². The number of fused-ring (bicyclic) bond motifs is 1. The zero-order valence-corrected chi connectivity index (χ0v) is 17.4. The van der Waals surface area contributed by atoms with E-state index in [-0.39, 0.29) is 19.2 Å². The average Bonchev–Trinajstić information content (AvgIpc) is 3.38. The Morgan fingerprint density at radius 3 is 2.87 bits per heavy atom. The number of carbonyl (C=O) groups is 1. The number of anilines is 1.